The number of amides is 2. The van der Waals surface area contributed by atoms with E-state index in [2.05, 4.69) is 4.72 Å². The molecule has 0 radical (unpaired) electrons. The molecule has 0 spiro atoms. The van der Waals surface area contributed by atoms with Crippen LogP contribution in [0.4, 0.5) is 5.69 Å². The summed E-state index contributed by atoms with van der Waals surface area (Å²) in [5, 5.41) is 0. The standard InChI is InChI=1S/C20H22N2O4S/c1-15(13-16-5-3-2-4-6-16)14-21-27(25,26)18-9-7-17(8-10-18)22-19(23)11-12-20(22)24/h2-10,15,21H,11-14H2,1H3. The molecule has 1 saturated heterocycles. The summed E-state index contributed by atoms with van der Waals surface area (Å²) in [6.45, 7) is 2.31. The number of nitrogens with one attached hydrogen (secondary N) is 1. The van der Waals surface area contributed by atoms with Crippen LogP contribution in [0.5, 0.6) is 0 Å². The van der Waals surface area contributed by atoms with Crippen LogP contribution >= 0.6 is 0 Å². The Kier molecular flexibility index (Phi) is 5.72. The lowest BCUT2D eigenvalue weighted by atomic mass is 10.0. The summed E-state index contributed by atoms with van der Waals surface area (Å²) in [6, 6.07) is 15.7. The van der Waals surface area contributed by atoms with E-state index in [4.69, 9.17) is 0 Å². The zero-order chi connectivity index (χ0) is 19.4. The maximum Gasteiger partial charge on any atom is 0.240 e. The first-order chi connectivity index (χ1) is 12.9. The van der Waals surface area contributed by atoms with Crippen LogP contribution in [-0.4, -0.2) is 26.8 Å². The largest absolute Gasteiger partial charge is 0.274 e. The number of benzene rings is 2. The molecule has 0 saturated carbocycles. The summed E-state index contributed by atoms with van der Waals surface area (Å²) in [5.41, 5.74) is 1.56. The van der Waals surface area contributed by atoms with Gasteiger partial charge in [-0.3, -0.25) is 14.5 Å². The molecule has 6 nitrogen and oxygen atoms in total. The highest BCUT2D eigenvalue weighted by Crippen LogP contribution is 2.24. The molecule has 2 amide bonds. The first-order valence-corrected chi connectivity index (χ1v) is 10.3. The maximum absolute atomic E-state index is 12.5. The highest BCUT2D eigenvalue weighted by Gasteiger charge is 2.30. The molecule has 1 heterocycles. The first kappa shape index (κ1) is 19.3. The molecular formula is C20H22N2O4S. The molecule has 0 aliphatic carbocycles. The third-order valence-electron chi connectivity index (χ3n) is 4.51. The fraction of sp³-hybridized carbons (Fsp3) is 0.300. The fourth-order valence-corrected chi connectivity index (χ4v) is 4.23. The van der Waals surface area contributed by atoms with Gasteiger partial charge in [-0.05, 0) is 42.2 Å². The monoisotopic (exact) mass is 386 g/mol. The molecule has 1 aliphatic rings. The van der Waals surface area contributed by atoms with Gasteiger partial charge in [-0.2, -0.15) is 0 Å². The van der Waals surface area contributed by atoms with Gasteiger partial charge in [0.15, 0.2) is 0 Å². The molecule has 0 bridgehead atoms. The van der Waals surface area contributed by atoms with Crippen LogP contribution in [0.25, 0.3) is 0 Å². The van der Waals surface area contributed by atoms with E-state index in [1.807, 2.05) is 37.3 Å². The lowest BCUT2D eigenvalue weighted by Gasteiger charge is -2.15. The van der Waals surface area contributed by atoms with Gasteiger partial charge in [-0.1, -0.05) is 37.3 Å². The SMILES string of the molecule is CC(CNS(=O)(=O)c1ccc(N2C(=O)CCC2=O)cc1)Cc1ccccc1. The second-order valence-electron chi connectivity index (χ2n) is 6.76. The second kappa shape index (κ2) is 8.02. The normalized spacial score (nSPS) is 16.0. The minimum absolute atomic E-state index is 0.109. The van der Waals surface area contributed by atoms with Crippen LogP contribution in [0.2, 0.25) is 0 Å². The average molecular weight is 386 g/mol. The van der Waals surface area contributed by atoms with Crippen LogP contribution in [-0.2, 0) is 26.0 Å². The van der Waals surface area contributed by atoms with E-state index >= 15 is 0 Å². The number of carbonyl (C=O) groups excluding carboxylic acids is 2. The molecule has 1 atom stereocenters. The van der Waals surface area contributed by atoms with Gasteiger partial charge in [0.2, 0.25) is 21.8 Å². The van der Waals surface area contributed by atoms with Gasteiger partial charge in [0.25, 0.3) is 0 Å². The van der Waals surface area contributed by atoms with Crippen molar-refractivity contribution in [3.63, 3.8) is 0 Å². The number of anilines is 1. The Bertz CT molecular complexity index is 908. The molecule has 0 aromatic heterocycles. The van der Waals surface area contributed by atoms with Crippen molar-refractivity contribution in [3.05, 3.63) is 60.2 Å². The molecule has 3 rings (SSSR count). The maximum atomic E-state index is 12.5. The number of hydrogen-bond donors (Lipinski definition) is 1. The lowest BCUT2D eigenvalue weighted by Crippen LogP contribution is -2.30. The van der Waals surface area contributed by atoms with E-state index in [9.17, 15) is 18.0 Å². The van der Waals surface area contributed by atoms with Crippen molar-refractivity contribution in [2.45, 2.75) is 31.1 Å². The van der Waals surface area contributed by atoms with Crippen LogP contribution in [0, 0.1) is 5.92 Å². The topological polar surface area (TPSA) is 83.6 Å². The van der Waals surface area contributed by atoms with E-state index in [-0.39, 0.29) is 35.5 Å². The Morgan fingerprint density at radius 3 is 2.15 bits per heavy atom. The number of imide groups is 1. The smallest absolute Gasteiger partial charge is 0.240 e. The third-order valence-corrected chi connectivity index (χ3v) is 5.95. The zero-order valence-electron chi connectivity index (χ0n) is 15.1. The Hall–Kier alpha value is -2.51. The van der Waals surface area contributed by atoms with Gasteiger partial charge in [0, 0.05) is 19.4 Å². The average Bonchev–Trinajstić information content (AvgIpc) is 2.99. The molecule has 2 aromatic carbocycles. The van der Waals surface area contributed by atoms with Crippen molar-refractivity contribution < 1.29 is 18.0 Å². The summed E-state index contributed by atoms with van der Waals surface area (Å²) in [6.07, 6.45) is 1.17. The Morgan fingerprint density at radius 1 is 0.963 bits per heavy atom. The van der Waals surface area contributed by atoms with Gasteiger partial charge >= 0.3 is 0 Å². The number of rotatable bonds is 7. The summed E-state index contributed by atoms with van der Waals surface area (Å²) in [4.78, 5) is 24.7. The molecule has 1 aliphatic heterocycles. The van der Waals surface area contributed by atoms with E-state index in [0.29, 0.717) is 12.2 Å². The molecule has 1 N–H and O–H groups in total. The summed E-state index contributed by atoms with van der Waals surface area (Å²) in [7, 11) is -3.65. The summed E-state index contributed by atoms with van der Waals surface area (Å²) >= 11 is 0. The Balaban J connectivity index is 1.63. The molecule has 142 valence electrons. The first-order valence-electron chi connectivity index (χ1n) is 8.86. The van der Waals surface area contributed by atoms with Crippen molar-refractivity contribution in [1.29, 1.82) is 0 Å². The molecule has 27 heavy (non-hydrogen) atoms. The van der Waals surface area contributed by atoms with E-state index < -0.39 is 10.0 Å². The van der Waals surface area contributed by atoms with Crippen LogP contribution in [0.1, 0.15) is 25.3 Å². The summed E-state index contributed by atoms with van der Waals surface area (Å²) < 4.78 is 27.6. The third kappa shape index (κ3) is 4.61. The minimum Gasteiger partial charge on any atom is -0.274 e. The van der Waals surface area contributed by atoms with Crippen molar-refractivity contribution in [1.82, 2.24) is 4.72 Å². The fourth-order valence-electron chi connectivity index (χ4n) is 3.06. The zero-order valence-corrected chi connectivity index (χ0v) is 15.9. The van der Waals surface area contributed by atoms with Crippen LogP contribution in [0.15, 0.2) is 59.5 Å². The van der Waals surface area contributed by atoms with Crippen LogP contribution < -0.4 is 9.62 Å². The van der Waals surface area contributed by atoms with Gasteiger partial charge in [0.05, 0.1) is 10.6 Å². The Labute approximate surface area is 159 Å². The van der Waals surface area contributed by atoms with Crippen molar-refractivity contribution in [2.24, 2.45) is 5.92 Å². The quantitative estimate of drug-likeness (QED) is 0.741. The number of carbonyl (C=O) groups is 2. The van der Waals surface area contributed by atoms with Gasteiger partial charge < -0.3 is 0 Å². The van der Waals surface area contributed by atoms with Gasteiger partial charge in [-0.25, -0.2) is 13.1 Å². The minimum atomic E-state index is -3.65. The van der Waals surface area contributed by atoms with E-state index in [1.165, 1.54) is 24.3 Å². The number of nitrogens with zero attached hydrogens (tertiary/aromatic N) is 1. The number of hydrogen-bond acceptors (Lipinski definition) is 4. The summed E-state index contributed by atoms with van der Waals surface area (Å²) in [5.74, 6) is -0.381. The second-order valence-corrected chi connectivity index (χ2v) is 8.53. The molecular weight excluding hydrogens is 364 g/mol. The van der Waals surface area contributed by atoms with Gasteiger partial charge in [-0.15, -0.1) is 0 Å². The number of sulfonamides is 1. The van der Waals surface area contributed by atoms with Crippen molar-refractivity contribution in [2.75, 3.05) is 11.4 Å². The highest BCUT2D eigenvalue weighted by atomic mass is 32.2. The lowest BCUT2D eigenvalue weighted by molar-refractivity contribution is -0.121. The highest BCUT2D eigenvalue weighted by molar-refractivity contribution is 7.89. The van der Waals surface area contributed by atoms with Crippen molar-refractivity contribution >= 4 is 27.5 Å². The van der Waals surface area contributed by atoms with Crippen molar-refractivity contribution in [3.8, 4) is 0 Å². The van der Waals surface area contributed by atoms with E-state index in [1.54, 1.807) is 0 Å². The van der Waals surface area contributed by atoms with Gasteiger partial charge in [0.1, 0.15) is 0 Å². The van der Waals surface area contributed by atoms with Crippen LogP contribution in [0.3, 0.4) is 0 Å². The van der Waals surface area contributed by atoms with E-state index in [0.717, 1.165) is 16.9 Å². The predicted octanol–water partition coefficient (Wildman–Crippen LogP) is 2.50. The molecule has 1 unspecified atom stereocenters. The predicted molar refractivity (Wildman–Crippen MR) is 103 cm³/mol. The molecule has 1 fully saturated rings. The molecule has 7 heteroatoms. The molecule has 2 aromatic rings. The Morgan fingerprint density at radius 2 is 1.56 bits per heavy atom.